The summed E-state index contributed by atoms with van der Waals surface area (Å²) < 4.78 is 45.1. The van der Waals surface area contributed by atoms with Crippen LogP contribution in [0.25, 0.3) is 10.2 Å². The fraction of sp³-hybridized carbons (Fsp3) is 0.278. The summed E-state index contributed by atoms with van der Waals surface area (Å²) in [5.41, 5.74) is 0.0101. The van der Waals surface area contributed by atoms with Crippen LogP contribution in [0.3, 0.4) is 0 Å². The Morgan fingerprint density at radius 2 is 1.85 bits per heavy atom. The molecule has 3 rings (SSSR count). The van der Waals surface area contributed by atoms with Crippen molar-refractivity contribution in [3.05, 3.63) is 54.1 Å². The Labute approximate surface area is 152 Å². The van der Waals surface area contributed by atoms with E-state index in [4.69, 9.17) is 4.74 Å². The minimum absolute atomic E-state index is 0.188. The molecule has 1 heterocycles. The van der Waals surface area contributed by atoms with E-state index in [9.17, 15) is 18.3 Å². The maximum absolute atomic E-state index is 12.9. The van der Waals surface area contributed by atoms with E-state index in [1.807, 2.05) is 24.3 Å². The second-order valence-corrected chi connectivity index (χ2v) is 6.81. The smallest absolute Gasteiger partial charge is 0.419 e. The summed E-state index contributed by atoms with van der Waals surface area (Å²) in [5, 5.41) is 10.9. The largest absolute Gasteiger partial charge is 0.490 e. The monoisotopic (exact) mass is 382 g/mol. The van der Waals surface area contributed by atoms with E-state index in [0.29, 0.717) is 0 Å². The number of nitrogens with zero attached hydrogens (tertiary/aromatic N) is 2. The number of aliphatic hydroxyl groups is 1. The zero-order valence-electron chi connectivity index (χ0n) is 13.9. The number of rotatable bonds is 6. The lowest BCUT2D eigenvalue weighted by molar-refractivity contribution is -0.139. The van der Waals surface area contributed by atoms with Gasteiger partial charge in [-0.3, -0.25) is 0 Å². The third-order valence-electron chi connectivity index (χ3n) is 3.72. The van der Waals surface area contributed by atoms with Crippen LogP contribution in [-0.2, 0) is 6.18 Å². The number of hydrogen-bond acceptors (Lipinski definition) is 5. The van der Waals surface area contributed by atoms with E-state index in [-0.39, 0.29) is 18.9 Å². The minimum atomic E-state index is -4.50. The molecule has 0 fully saturated rings. The molecule has 0 saturated carbocycles. The van der Waals surface area contributed by atoms with Gasteiger partial charge in [-0.15, -0.1) is 0 Å². The van der Waals surface area contributed by atoms with Gasteiger partial charge in [-0.1, -0.05) is 35.6 Å². The average molecular weight is 382 g/mol. The molecule has 3 aromatic rings. The van der Waals surface area contributed by atoms with Crippen molar-refractivity contribution in [2.45, 2.75) is 12.3 Å². The van der Waals surface area contributed by atoms with Crippen LogP contribution in [-0.4, -0.2) is 36.4 Å². The Kier molecular flexibility index (Phi) is 5.33. The average Bonchev–Trinajstić information content (AvgIpc) is 3.04. The second kappa shape index (κ2) is 7.51. The Morgan fingerprint density at radius 3 is 2.58 bits per heavy atom. The Bertz CT molecular complexity index is 849. The number of aromatic nitrogens is 1. The van der Waals surface area contributed by atoms with Gasteiger partial charge >= 0.3 is 6.18 Å². The molecule has 1 unspecified atom stereocenters. The van der Waals surface area contributed by atoms with Gasteiger partial charge in [-0.25, -0.2) is 4.98 Å². The number of benzene rings is 2. The highest BCUT2D eigenvalue weighted by molar-refractivity contribution is 7.22. The number of hydrogen-bond donors (Lipinski definition) is 1. The van der Waals surface area contributed by atoms with Crippen molar-refractivity contribution in [2.24, 2.45) is 0 Å². The predicted molar refractivity (Wildman–Crippen MR) is 95.8 cm³/mol. The van der Waals surface area contributed by atoms with Crippen molar-refractivity contribution < 1.29 is 23.0 Å². The van der Waals surface area contributed by atoms with E-state index < -0.39 is 17.8 Å². The van der Waals surface area contributed by atoms with Crippen LogP contribution in [0.5, 0.6) is 5.75 Å². The van der Waals surface area contributed by atoms with Gasteiger partial charge in [0.1, 0.15) is 18.5 Å². The topological polar surface area (TPSA) is 45.6 Å². The van der Waals surface area contributed by atoms with Gasteiger partial charge in [-0.05, 0) is 24.3 Å². The van der Waals surface area contributed by atoms with Crippen LogP contribution in [0.4, 0.5) is 18.3 Å². The minimum Gasteiger partial charge on any atom is -0.490 e. The van der Waals surface area contributed by atoms with Gasteiger partial charge in [0.15, 0.2) is 5.13 Å². The Balaban J connectivity index is 1.61. The molecule has 1 aromatic heterocycles. The maximum atomic E-state index is 12.9. The van der Waals surface area contributed by atoms with Gasteiger partial charge in [0.05, 0.1) is 15.8 Å². The van der Waals surface area contributed by atoms with Gasteiger partial charge in [-0.2, -0.15) is 13.2 Å². The van der Waals surface area contributed by atoms with Crippen molar-refractivity contribution in [1.82, 2.24) is 4.98 Å². The maximum Gasteiger partial charge on any atom is 0.419 e. The van der Waals surface area contributed by atoms with Crippen molar-refractivity contribution in [2.75, 3.05) is 25.1 Å². The molecule has 1 N–H and O–H groups in total. The zero-order valence-corrected chi connectivity index (χ0v) is 14.7. The summed E-state index contributed by atoms with van der Waals surface area (Å²) >= 11 is 1.48. The molecular weight excluding hydrogens is 365 g/mol. The molecule has 2 aromatic carbocycles. The lowest BCUT2D eigenvalue weighted by Crippen LogP contribution is -2.33. The fourth-order valence-corrected chi connectivity index (χ4v) is 3.42. The molecule has 4 nitrogen and oxygen atoms in total. The number of thiazole rings is 1. The number of halogens is 3. The third-order valence-corrected chi connectivity index (χ3v) is 4.87. The second-order valence-electron chi connectivity index (χ2n) is 5.80. The molecule has 1 atom stereocenters. The van der Waals surface area contributed by atoms with Gasteiger partial charge in [0, 0.05) is 13.6 Å². The highest BCUT2D eigenvalue weighted by atomic mass is 32.1. The van der Waals surface area contributed by atoms with Crippen molar-refractivity contribution in [1.29, 1.82) is 0 Å². The van der Waals surface area contributed by atoms with Crippen molar-refractivity contribution >= 4 is 26.7 Å². The SMILES string of the molecule is CN(CC(O)COc1ccccc1C(F)(F)F)c1nc2ccccc2s1. The normalized spacial score (nSPS) is 13.0. The number of fused-ring (bicyclic) bond motifs is 1. The number of anilines is 1. The number of ether oxygens (including phenoxy) is 1. The van der Waals surface area contributed by atoms with Crippen LogP contribution in [0.1, 0.15) is 5.56 Å². The molecule has 0 aliphatic rings. The summed E-state index contributed by atoms with van der Waals surface area (Å²) in [6.07, 6.45) is -5.47. The summed E-state index contributed by atoms with van der Waals surface area (Å²) in [6.45, 7) is -0.0592. The summed E-state index contributed by atoms with van der Waals surface area (Å²) in [4.78, 5) is 6.23. The molecular formula is C18H17F3N2O2S. The van der Waals surface area contributed by atoms with E-state index >= 15 is 0 Å². The van der Waals surface area contributed by atoms with E-state index in [1.54, 1.807) is 11.9 Å². The molecule has 0 saturated heterocycles. The lowest BCUT2D eigenvalue weighted by Gasteiger charge is -2.21. The Hall–Kier alpha value is -2.32. The Morgan fingerprint density at radius 1 is 1.15 bits per heavy atom. The van der Waals surface area contributed by atoms with Gasteiger partial charge < -0.3 is 14.7 Å². The first-order valence-corrected chi connectivity index (χ1v) is 8.70. The van der Waals surface area contributed by atoms with Crippen LogP contribution in [0, 0.1) is 0 Å². The molecule has 26 heavy (non-hydrogen) atoms. The van der Waals surface area contributed by atoms with Crippen molar-refractivity contribution in [3.8, 4) is 5.75 Å². The summed E-state index contributed by atoms with van der Waals surface area (Å²) in [6, 6.07) is 12.6. The highest BCUT2D eigenvalue weighted by Crippen LogP contribution is 2.36. The molecule has 0 bridgehead atoms. The first kappa shape index (κ1) is 18.5. The van der Waals surface area contributed by atoms with Crippen LogP contribution < -0.4 is 9.64 Å². The molecule has 0 aliphatic carbocycles. The van der Waals surface area contributed by atoms with Gasteiger partial charge in [0.2, 0.25) is 0 Å². The van der Waals surface area contributed by atoms with E-state index in [1.165, 1.54) is 29.5 Å². The highest BCUT2D eigenvalue weighted by Gasteiger charge is 2.34. The standard InChI is InChI=1S/C18H17F3N2O2S/c1-23(17-22-14-7-3-5-9-16(14)26-17)10-12(24)11-25-15-8-4-2-6-13(15)18(19,20)21/h2-9,12,24H,10-11H2,1H3. The van der Waals surface area contributed by atoms with Crippen LogP contribution in [0.2, 0.25) is 0 Å². The quantitative estimate of drug-likeness (QED) is 0.694. The van der Waals surface area contributed by atoms with Crippen molar-refractivity contribution in [3.63, 3.8) is 0 Å². The van der Waals surface area contributed by atoms with E-state index in [2.05, 4.69) is 4.98 Å². The number of para-hydroxylation sites is 2. The molecule has 0 spiro atoms. The molecule has 0 radical (unpaired) electrons. The lowest BCUT2D eigenvalue weighted by atomic mass is 10.2. The molecule has 8 heteroatoms. The third kappa shape index (κ3) is 4.25. The van der Waals surface area contributed by atoms with E-state index in [0.717, 1.165) is 21.4 Å². The number of alkyl halides is 3. The first-order chi connectivity index (χ1) is 12.3. The van der Waals surface area contributed by atoms with Crippen LogP contribution >= 0.6 is 11.3 Å². The predicted octanol–water partition coefficient (Wildman–Crippen LogP) is 4.19. The summed E-state index contributed by atoms with van der Waals surface area (Å²) in [7, 11) is 1.77. The molecule has 138 valence electrons. The first-order valence-electron chi connectivity index (χ1n) is 7.88. The van der Waals surface area contributed by atoms with Gasteiger partial charge in [0.25, 0.3) is 0 Å². The summed E-state index contributed by atoms with van der Waals surface area (Å²) in [5.74, 6) is -0.290. The molecule has 0 amide bonds. The van der Waals surface area contributed by atoms with Crippen LogP contribution in [0.15, 0.2) is 48.5 Å². The fourth-order valence-electron chi connectivity index (χ4n) is 2.48. The molecule has 0 aliphatic heterocycles. The number of likely N-dealkylation sites (N-methyl/N-ethyl adjacent to an activating group) is 1. The number of aliphatic hydroxyl groups excluding tert-OH is 1. The zero-order chi connectivity index (χ0) is 18.7.